The van der Waals surface area contributed by atoms with Gasteiger partial charge in [-0.25, -0.2) is 13.4 Å². The van der Waals surface area contributed by atoms with Crippen LogP contribution in [-0.4, -0.2) is 54.9 Å². The molecule has 1 saturated heterocycles. The van der Waals surface area contributed by atoms with Crippen molar-refractivity contribution in [2.45, 2.75) is 36.9 Å². The van der Waals surface area contributed by atoms with Crippen molar-refractivity contribution in [1.82, 2.24) is 9.88 Å². The smallest absolute Gasteiger partial charge is 0.276 e. The number of methoxy groups -OCH3 is 1. The van der Waals surface area contributed by atoms with Crippen molar-refractivity contribution in [2.75, 3.05) is 26.0 Å². The third-order valence-corrected chi connectivity index (χ3v) is 8.52. The van der Waals surface area contributed by atoms with E-state index in [4.69, 9.17) is 9.15 Å². The summed E-state index contributed by atoms with van der Waals surface area (Å²) in [5.74, 6) is 0.823. The summed E-state index contributed by atoms with van der Waals surface area (Å²) in [7, 11) is -1.62. The van der Waals surface area contributed by atoms with Gasteiger partial charge in [0.2, 0.25) is 0 Å². The molecule has 2 aliphatic rings. The number of rotatable bonds is 3. The summed E-state index contributed by atoms with van der Waals surface area (Å²) in [6, 6.07) is 7.19. The Balaban J connectivity index is 1.61. The number of aromatic nitrogens is 1. The first-order valence-corrected chi connectivity index (χ1v) is 11.2. The SMILES string of the molecule is COc1ccc(-c2ocnc2C(=O)N2CCS(=O)(=O)C3(CCCCC3)C2)cc1. The Morgan fingerprint density at radius 2 is 1.89 bits per heavy atom. The number of oxazole rings is 1. The number of benzene rings is 1. The van der Waals surface area contributed by atoms with E-state index in [2.05, 4.69) is 4.98 Å². The average Bonchev–Trinajstić information content (AvgIpc) is 3.20. The molecule has 150 valence electrons. The molecule has 1 saturated carbocycles. The Morgan fingerprint density at radius 1 is 1.18 bits per heavy atom. The molecule has 2 heterocycles. The van der Waals surface area contributed by atoms with Crippen molar-refractivity contribution in [3.8, 4) is 17.1 Å². The molecule has 0 N–H and O–H groups in total. The minimum Gasteiger partial charge on any atom is -0.497 e. The summed E-state index contributed by atoms with van der Waals surface area (Å²) < 4.78 is 35.4. The summed E-state index contributed by atoms with van der Waals surface area (Å²) in [5.41, 5.74) is 0.939. The van der Waals surface area contributed by atoms with Crippen molar-refractivity contribution < 1.29 is 22.4 Å². The molecule has 1 spiro atoms. The van der Waals surface area contributed by atoms with Crippen molar-refractivity contribution in [2.24, 2.45) is 0 Å². The van der Waals surface area contributed by atoms with E-state index in [1.165, 1.54) is 6.39 Å². The lowest BCUT2D eigenvalue weighted by atomic mass is 9.87. The minimum absolute atomic E-state index is 0.00839. The van der Waals surface area contributed by atoms with Gasteiger partial charge in [0.25, 0.3) is 5.91 Å². The zero-order valence-corrected chi connectivity index (χ0v) is 16.7. The number of nitrogens with zero attached hydrogens (tertiary/aromatic N) is 2. The first kappa shape index (κ1) is 19.0. The van der Waals surface area contributed by atoms with Gasteiger partial charge < -0.3 is 14.1 Å². The van der Waals surface area contributed by atoms with Gasteiger partial charge in [-0.2, -0.15) is 0 Å². The molecule has 0 radical (unpaired) electrons. The van der Waals surface area contributed by atoms with E-state index in [1.807, 2.05) is 0 Å². The Kier molecular flexibility index (Phi) is 4.91. The number of sulfone groups is 1. The molecular weight excluding hydrogens is 380 g/mol. The van der Waals surface area contributed by atoms with Crippen LogP contribution in [0.5, 0.6) is 5.75 Å². The lowest BCUT2D eigenvalue weighted by Gasteiger charge is -2.44. The van der Waals surface area contributed by atoms with Gasteiger partial charge in [-0.05, 0) is 37.1 Å². The van der Waals surface area contributed by atoms with E-state index in [1.54, 1.807) is 36.3 Å². The van der Waals surface area contributed by atoms with Crippen LogP contribution >= 0.6 is 0 Å². The van der Waals surface area contributed by atoms with Crippen molar-refractivity contribution >= 4 is 15.7 Å². The highest BCUT2D eigenvalue weighted by Crippen LogP contribution is 2.39. The fourth-order valence-electron chi connectivity index (χ4n) is 4.31. The molecule has 0 atom stereocenters. The van der Waals surface area contributed by atoms with Crippen molar-refractivity contribution in [3.63, 3.8) is 0 Å². The van der Waals surface area contributed by atoms with Gasteiger partial charge in [0.1, 0.15) is 5.75 Å². The highest BCUT2D eigenvalue weighted by Gasteiger charge is 2.49. The van der Waals surface area contributed by atoms with Crippen LogP contribution in [0, 0.1) is 0 Å². The first-order valence-electron chi connectivity index (χ1n) is 9.55. The Labute approximate surface area is 164 Å². The van der Waals surface area contributed by atoms with Crippen LogP contribution in [0.25, 0.3) is 11.3 Å². The molecule has 1 aromatic carbocycles. The number of amides is 1. The van der Waals surface area contributed by atoms with Gasteiger partial charge >= 0.3 is 0 Å². The highest BCUT2D eigenvalue weighted by molar-refractivity contribution is 7.92. The first-order chi connectivity index (χ1) is 13.5. The summed E-state index contributed by atoms with van der Waals surface area (Å²) in [6.07, 6.45) is 5.34. The molecule has 8 heteroatoms. The molecule has 4 rings (SSSR count). The average molecular weight is 404 g/mol. The molecule has 2 fully saturated rings. The molecule has 1 aromatic heterocycles. The highest BCUT2D eigenvalue weighted by atomic mass is 32.2. The number of hydrogen-bond acceptors (Lipinski definition) is 6. The molecule has 2 aromatic rings. The van der Waals surface area contributed by atoms with Crippen LogP contribution < -0.4 is 4.74 Å². The molecular formula is C20H24N2O5S. The number of ether oxygens (including phenoxy) is 1. The Bertz CT molecular complexity index is 959. The molecule has 0 bridgehead atoms. The van der Waals surface area contributed by atoms with Gasteiger partial charge in [-0.1, -0.05) is 19.3 Å². The zero-order chi connectivity index (χ0) is 19.8. The van der Waals surface area contributed by atoms with Crippen LogP contribution in [0.2, 0.25) is 0 Å². The maximum absolute atomic E-state index is 13.2. The van der Waals surface area contributed by atoms with E-state index in [0.29, 0.717) is 24.4 Å². The van der Waals surface area contributed by atoms with Crippen LogP contribution in [0.15, 0.2) is 35.1 Å². The van der Waals surface area contributed by atoms with E-state index in [0.717, 1.165) is 24.8 Å². The summed E-state index contributed by atoms with van der Waals surface area (Å²) in [5, 5.41) is 0. The van der Waals surface area contributed by atoms with Gasteiger partial charge in [0, 0.05) is 18.7 Å². The van der Waals surface area contributed by atoms with Crippen LogP contribution in [0.4, 0.5) is 0 Å². The number of carbonyl (C=O) groups excluding carboxylic acids is 1. The van der Waals surface area contributed by atoms with E-state index < -0.39 is 14.6 Å². The number of hydrogen-bond donors (Lipinski definition) is 0. The predicted octanol–water partition coefficient (Wildman–Crippen LogP) is 2.92. The third-order valence-electron chi connectivity index (χ3n) is 5.94. The van der Waals surface area contributed by atoms with Crippen LogP contribution in [0.1, 0.15) is 42.6 Å². The maximum Gasteiger partial charge on any atom is 0.276 e. The van der Waals surface area contributed by atoms with E-state index in [-0.39, 0.29) is 30.4 Å². The van der Waals surface area contributed by atoms with Crippen LogP contribution in [0.3, 0.4) is 0 Å². The van der Waals surface area contributed by atoms with Crippen LogP contribution in [-0.2, 0) is 9.84 Å². The van der Waals surface area contributed by atoms with E-state index >= 15 is 0 Å². The lowest BCUT2D eigenvalue weighted by Crippen LogP contribution is -2.58. The van der Waals surface area contributed by atoms with Crippen molar-refractivity contribution in [1.29, 1.82) is 0 Å². The molecule has 1 amide bonds. The maximum atomic E-state index is 13.2. The second kappa shape index (κ2) is 7.24. The van der Waals surface area contributed by atoms with Crippen molar-refractivity contribution in [3.05, 3.63) is 36.4 Å². The monoisotopic (exact) mass is 404 g/mol. The Hall–Kier alpha value is -2.35. The molecule has 0 unspecified atom stereocenters. The number of carbonyl (C=O) groups is 1. The summed E-state index contributed by atoms with van der Waals surface area (Å²) in [6.45, 7) is 0.431. The minimum atomic E-state index is -3.20. The van der Waals surface area contributed by atoms with Gasteiger partial charge in [-0.3, -0.25) is 4.79 Å². The predicted molar refractivity (Wildman–Crippen MR) is 104 cm³/mol. The largest absolute Gasteiger partial charge is 0.497 e. The third kappa shape index (κ3) is 3.19. The second-order valence-corrected chi connectivity index (χ2v) is 10.1. The second-order valence-electron chi connectivity index (χ2n) is 7.55. The molecule has 1 aliphatic carbocycles. The summed E-state index contributed by atoms with van der Waals surface area (Å²) in [4.78, 5) is 19.0. The zero-order valence-electron chi connectivity index (χ0n) is 15.9. The standard InChI is InChI=1S/C20H24N2O5S/c1-26-16-7-5-15(6-8-16)18-17(21-14-27-18)19(23)22-11-12-28(24,25)20(13-22)9-3-2-4-10-20/h5-8,14H,2-4,9-13H2,1H3. The van der Waals surface area contributed by atoms with Gasteiger partial charge in [-0.15, -0.1) is 0 Å². The normalized spacial score (nSPS) is 20.8. The fourth-order valence-corrected chi connectivity index (χ4v) is 6.46. The topological polar surface area (TPSA) is 89.7 Å². The Morgan fingerprint density at radius 3 is 2.57 bits per heavy atom. The summed E-state index contributed by atoms with van der Waals surface area (Å²) >= 11 is 0. The molecule has 28 heavy (non-hydrogen) atoms. The van der Waals surface area contributed by atoms with E-state index in [9.17, 15) is 13.2 Å². The quantitative estimate of drug-likeness (QED) is 0.781. The van der Waals surface area contributed by atoms with Gasteiger partial charge in [0.15, 0.2) is 27.7 Å². The molecule has 7 nitrogen and oxygen atoms in total. The van der Waals surface area contributed by atoms with Gasteiger partial charge in [0.05, 0.1) is 17.6 Å². The lowest BCUT2D eigenvalue weighted by molar-refractivity contribution is 0.0718. The molecule has 1 aliphatic heterocycles. The fraction of sp³-hybridized carbons (Fsp3) is 0.500.